The average Bonchev–Trinajstić information content (AvgIpc) is 0.799. The number of rotatable bonds is 33. The number of aryl methyl sites for hydroxylation is 1. The van der Waals surface area contributed by atoms with E-state index in [-0.39, 0.29) is 11.7 Å². The van der Waals surface area contributed by atoms with Crippen LogP contribution in [0.25, 0.3) is 22.5 Å². The number of aromatic nitrogens is 10. The van der Waals surface area contributed by atoms with Crippen LogP contribution < -0.4 is 104 Å². The fraction of sp³-hybridized carbons (Fsp3) is 0.267. The van der Waals surface area contributed by atoms with Gasteiger partial charge in [0.2, 0.25) is 35.6 Å². The van der Waals surface area contributed by atoms with Gasteiger partial charge in [-0.2, -0.15) is 19.9 Å². The Bertz CT molecular complexity index is 7320. The molecule has 3 fully saturated rings. The van der Waals surface area contributed by atoms with Gasteiger partial charge in [-0.3, -0.25) is 24.2 Å². The Morgan fingerprint density at radius 3 is 1.22 bits per heavy atom. The number of ether oxygens (including phenoxy) is 4. The molecule has 0 saturated carbocycles. The fourth-order valence-corrected chi connectivity index (χ4v) is 21.4. The van der Waals surface area contributed by atoms with E-state index in [2.05, 4.69) is 123 Å². The number of anilines is 18. The zero-order valence-corrected chi connectivity index (χ0v) is 90.9. The van der Waals surface area contributed by atoms with Crippen LogP contribution in [0, 0.1) is 6.92 Å². The van der Waals surface area contributed by atoms with Crippen LogP contribution in [0.3, 0.4) is 0 Å². The Labute approximate surface area is 880 Å². The van der Waals surface area contributed by atoms with Crippen LogP contribution in [0.5, 0.6) is 23.0 Å². The molecule has 35 nitrogen and oxygen atoms in total. The van der Waals surface area contributed by atoms with Crippen molar-refractivity contribution in [3.05, 3.63) is 263 Å². The summed E-state index contributed by atoms with van der Waals surface area (Å²) in [5.74, 6) is 5.85. The van der Waals surface area contributed by atoms with Gasteiger partial charge in [0.25, 0.3) is 0 Å². The molecule has 0 radical (unpaired) electrons. The quantitative estimate of drug-likeness (QED) is 0.0171. The zero-order valence-electron chi connectivity index (χ0n) is 84.3. The number of amides is 2. The molecule has 0 spiro atoms. The topological polar surface area (TPSA) is 433 Å². The van der Waals surface area contributed by atoms with Crippen LogP contribution in [-0.4, -0.2) is 230 Å². The third-order valence-corrected chi connectivity index (χ3v) is 31.6. The number of carbonyl (C=O) groups is 3. The number of ketones is 1. The zero-order chi connectivity index (χ0) is 106. The maximum Gasteiger partial charge on any atom is 0.248 e. The van der Waals surface area contributed by atoms with Crippen molar-refractivity contribution in [3.63, 3.8) is 0 Å². The summed E-state index contributed by atoms with van der Waals surface area (Å²) in [6, 6.07) is 60.3. The predicted molar refractivity (Wildman–Crippen MR) is 602 cm³/mol. The lowest BCUT2D eigenvalue weighted by Gasteiger charge is -2.40. The van der Waals surface area contributed by atoms with Crippen molar-refractivity contribution in [2.75, 3.05) is 200 Å². The first-order valence-electron chi connectivity index (χ1n) is 47.3. The van der Waals surface area contributed by atoms with E-state index in [0.717, 1.165) is 126 Å². The first kappa shape index (κ1) is 110. The number of nitrogens with one attached hydrogen (secondary N) is 9. The molecule has 772 valence electrons. The summed E-state index contributed by atoms with van der Waals surface area (Å²) in [5.41, 5.74) is 17.1. The predicted octanol–water partition coefficient (Wildman–Crippen LogP) is 20.5. The number of primary amides is 1. The van der Waals surface area contributed by atoms with Crippen molar-refractivity contribution in [2.24, 2.45) is 5.73 Å². The number of hydrogen-bond donors (Lipinski definition) is 10. The molecule has 8 heterocycles. The Kier molecular flexibility index (Phi) is 37.0. The molecule has 5 aromatic heterocycles. The minimum absolute atomic E-state index is 0.117. The number of piperazine rings is 2. The molecule has 0 bridgehead atoms. The highest BCUT2D eigenvalue weighted by Gasteiger charge is 2.31. The third-order valence-electron chi connectivity index (χ3n) is 24.3. The van der Waals surface area contributed by atoms with E-state index in [4.69, 9.17) is 71.1 Å². The normalized spacial score (nSPS) is 13.5. The van der Waals surface area contributed by atoms with Crippen molar-refractivity contribution >= 4 is 218 Å². The molecular weight excluding hydrogens is 2040 g/mol. The highest BCUT2D eigenvalue weighted by atomic mass is 35.5. The number of para-hydroxylation sites is 4. The number of benzene rings is 9. The maximum atomic E-state index is 12.8. The summed E-state index contributed by atoms with van der Waals surface area (Å²) in [4.78, 5) is 88.2. The molecular formula is C105H118Cl4N24O11P4. The van der Waals surface area contributed by atoms with Crippen molar-refractivity contribution < 1.29 is 51.6 Å². The molecule has 17 rings (SSSR count). The first-order chi connectivity index (χ1) is 70.8. The van der Waals surface area contributed by atoms with Gasteiger partial charge in [-0.05, 0) is 211 Å². The van der Waals surface area contributed by atoms with Crippen LogP contribution in [0.4, 0.5) is 104 Å². The Morgan fingerprint density at radius 2 is 0.811 bits per heavy atom. The summed E-state index contributed by atoms with van der Waals surface area (Å²) >= 11 is 25.6. The van der Waals surface area contributed by atoms with E-state index in [1.807, 2.05) is 166 Å². The maximum absolute atomic E-state index is 12.8. The van der Waals surface area contributed by atoms with Gasteiger partial charge in [-0.1, -0.05) is 114 Å². The molecule has 14 aromatic rings. The summed E-state index contributed by atoms with van der Waals surface area (Å²) in [5, 5.41) is 32.8. The van der Waals surface area contributed by atoms with Crippen molar-refractivity contribution in [2.45, 2.75) is 39.2 Å². The second-order valence-corrected chi connectivity index (χ2v) is 50.7. The van der Waals surface area contributed by atoms with Gasteiger partial charge < -0.3 is 101 Å². The van der Waals surface area contributed by atoms with Crippen LogP contribution in [0.2, 0.25) is 20.1 Å². The van der Waals surface area contributed by atoms with Gasteiger partial charge in [-0.25, -0.2) is 29.9 Å². The fourth-order valence-electron chi connectivity index (χ4n) is 16.6. The van der Waals surface area contributed by atoms with Gasteiger partial charge in [0.1, 0.15) is 77.4 Å². The molecule has 3 aliphatic rings. The number of halogens is 4. The van der Waals surface area contributed by atoms with E-state index < -0.39 is 34.5 Å². The van der Waals surface area contributed by atoms with Crippen LogP contribution in [-0.2, 0) is 27.8 Å². The summed E-state index contributed by atoms with van der Waals surface area (Å²) in [6.07, 6.45) is 12.0. The SMILES string of the molecule is CCC(=O)CN1CCN(c2ccc(Nc3ncc(Cl)c(Nc4ccccc4P(C)(C)=O)n3)c(OC)c2)CC1.COc1cc(-c2ccc(C(N)=O)cc2)c(C)cc1Nc1ncc(Cl)c(Nc2ccccc2P(C)(C)=O)n1.COc1cc(N2CCC(N3CCNC(=O)C3)CC2)ccc1Nc1ncc(Cl)c(Nc2ccccc2P(C)(C)=O)n1.COc1cc(P(C)(C)=O)ccc1Nc1ncc(Cl)c(Nc2ccccc2-c2ncccn2)n1. The van der Waals surface area contributed by atoms with Crippen molar-refractivity contribution in [1.29, 1.82) is 0 Å². The van der Waals surface area contributed by atoms with E-state index in [1.54, 1.807) is 131 Å². The second kappa shape index (κ2) is 49.8. The number of nitrogens with two attached hydrogens (primary N) is 1. The molecule has 3 aliphatic heterocycles. The van der Waals surface area contributed by atoms with Gasteiger partial charge in [0.15, 0.2) is 29.1 Å². The third kappa shape index (κ3) is 29.2. The highest BCUT2D eigenvalue weighted by Crippen LogP contribution is 2.46. The van der Waals surface area contributed by atoms with Crippen LogP contribution in [0.1, 0.15) is 42.1 Å². The smallest absolute Gasteiger partial charge is 0.248 e. The van der Waals surface area contributed by atoms with Gasteiger partial charge >= 0.3 is 0 Å². The number of hydrogen-bond acceptors (Lipinski definition) is 33. The minimum Gasteiger partial charge on any atom is -0.495 e. The Balaban J connectivity index is 0.000000156. The molecule has 0 unspecified atom stereocenters. The summed E-state index contributed by atoms with van der Waals surface area (Å²) in [6.45, 7) is 25.5. The van der Waals surface area contributed by atoms with E-state index in [1.165, 1.54) is 24.8 Å². The summed E-state index contributed by atoms with van der Waals surface area (Å²) < 4.78 is 73.2. The average molecular weight is 2160 g/mol. The molecule has 148 heavy (non-hydrogen) atoms. The number of methoxy groups -OCH3 is 4. The molecule has 43 heteroatoms. The molecule has 11 N–H and O–H groups in total. The standard InChI is InChI=1S/C28H35ClN7O3P.C27H34ClN6O3P.C27H27ClN5O3P.C23H22ClN6O2P/c1-39-24-16-20(35-13-10-19(11-14-35)36-15-12-30-26(37)18-36)8-9-22(24)33-28-31-17-21(29)27(34-28)32-23-6-4-5-7-25(23)40(2,3)38;1-5-20(35)18-33-12-14-34(15-13-33)19-10-11-22(24(16-19)37-2)31-27-29-17-21(28)26(32-27)30-23-8-6-7-9-25(23)38(3,4)36;1-16-13-22(23(36-2)14-19(16)17-9-11-18(12-10-17)25(29)34)32-27-30-15-20(28)26(33-27)31-21-7-5-6-8-24(21)37(3,4)35;1-32-20-13-15(33(2,3)31)9-10-19(20)29-23-27-14-17(24)22(30-23)28-18-8-5-4-7-16(18)21-25-11-6-12-26-21/h4-9,16-17,19H,10-15,18H2,1-3H3,(H,30,37)(H2,31,32,33,34);6-11,16-17H,5,12-15,18H2,1-4H3,(H2,29,30,31,32);5-15H,1-4H3,(H2,29,34)(H2,30,31,32,33);4-14H,1-3H3,(H2,27,28,29,30). The van der Waals surface area contributed by atoms with Crippen molar-refractivity contribution in [1.82, 2.24) is 65.0 Å². The lowest BCUT2D eigenvalue weighted by molar-refractivity contribution is -0.125. The van der Waals surface area contributed by atoms with E-state index >= 15 is 0 Å². The lowest BCUT2D eigenvalue weighted by Crippen LogP contribution is -2.54. The molecule has 9 aromatic carbocycles. The Morgan fingerprint density at radius 1 is 0.419 bits per heavy atom. The van der Waals surface area contributed by atoms with Crippen LogP contribution in [0.15, 0.2) is 231 Å². The molecule has 0 aliphatic carbocycles. The van der Waals surface area contributed by atoms with E-state index in [0.29, 0.717) is 167 Å². The lowest BCUT2D eigenvalue weighted by atomic mass is 9.98. The Hall–Kier alpha value is -13.8. The van der Waals surface area contributed by atoms with Gasteiger partial charge in [0.05, 0.1) is 112 Å². The number of Topliss-reactive ketones (excluding diaryl/α,β-unsaturated/α-hetero) is 1. The van der Waals surface area contributed by atoms with Gasteiger partial charge in [0, 0.05) is 133 Å². The number of carbonyl (C=O) groups excluding carboxylic acids is 3. The van der Waals surface area contributed by atoms with E-state index in [9.17, 15) is 32.6 Å². The highest BCUT2D eigenvalue weighted by molar-refractivity contribution is 7.71. The summed E-state index contributed by atoms with van der Waals surface area (Å²) in [7, 11) is -3.59. The second-order valence-electron chi connectivity index (χ2n) is 36.3. The molecule has 2 amide bonds. The molecule has 0 atom stereocenters. The number of piperidine rings is 1. The minimum atomic E-state index is -2.53. The van der Waals surface area contributed by atoms with Crippen LogP contribution >= 0.6 is 75.0 Å². The van der Waals surface area contributed by atoms with Crippen molar-refractivity contribution in [3.8, 4) is 45.5 Å². The number of nitrogens with zero attached hydrogens (tertiary/aromatic N) is 14. The monoisotopic (exact) mass is 2150 g/mol. The first-order valence-corrected chi connectivity index (χ1v) is 59.2. The largest absolute Gasteiger partial charge is 0.495 e. The molecule has 3 saturated heterocycles. The van der Waals surface area contributed by atoms with Gasteiger partial charge in [-0.15, -0.1) is 0 Å².